The van der Waals surface area contributed by atoms with E-state index >= 15 is 0 Å². The van der Waals surface area contributed by atoms with Crippen LogP contribution in [0.15, 0.2) is 6.20 Å². The zero-order chi connectivity index (χ0) is 18.2. The van der Waals surface area contributed by atoms with E-state index < -0.39 is 5.60 Å². The van der Waals surface area contributed by atoms with Crippen LogP contribution in [0.5, 0.6) is 0 Å². The maximum absolute atomic E-state index is 12.2. The lowest BCUT2D eigenvalue weighted by atomic mass is 9.98. The van der Waals surface area contributed by atoms with Gasteiger partial charge in [-0.05, 0) is 46.5 Å². The predicted molar refractivity (Wildman–Crippen MR) is 99.4 cm³/mol. The average Bonchev–Trinajstić information content (AvgIpc) is 3.03. The molecule has 0 aromatic carbocycles. The number of carbonyl (C=O) groups is 1. The molecule has 0 N–H and O–H groups in total. The summed E-state index contributed by atoms with van der Waals surface area (Å²) in [6.45, 7) is 10.3. The zero-order valence-corrected chi connectivity index (χ0v) is 16.5. The van der Waals surface area contributed by atoms with Gasteiger partial charge in [-0.25, -0.2) is 14.3 Å². The minimum absolute atomic E-state index is 0.257. The summed E-state index contributed by atoms with van der Waals surface area (Å²) >= 11 is 1.62. The van der Waals surface area contributed by atoms with E-state index in [4.69, 9.17) is 4.74 Å². The molecular formula is C17H27N5O2S. The molecule has 0 bridgehead atoms. The van der Waals surface area contributed by atoms with Crippen LogP contribution in [0, 0.1) is 12.8 Å². The first kappa shape index (κ1) is 18.0. The number of imidazole rings is 1. The van der Waals surface area contributed by atoms with Gasteiger partial charge in [0.25, 0.3) is 0 Å². The van der Waals surface area contributed by atoms with Crippen molar-refractivity contribution in [2.24, 2.45) is 5.92 Å². The summed E-state index contributed by atoms with van der Waals surface area (Å²) in [5.74, 6) is 0.421. The lowest BCUT2D eigenvalue weighted by Gasteiger charge is -2.34. The van der Waals surface area contributed by atoms with Crippen LogP contribution in [0.4, 0.5) is 9.93 Å². The fraction of sp³-hybridized carbons (Fsp3) is 0.706. The molecule has 1 aliphatic rings. The molecule has 2 aromatic rings. The van der Waals surface area contributed by atoms with E-state index in [1.54, 1.807) is 16.2 Å². The monoisotopic (exact) mass is 365 g/mol. The number of aryl methyl sites for hydroxylation is 1. The van der Waals surface area contributed by atoms with Crippen molar-refractivity contribution in [3.05, 3.63) is 11.9 Å². The van der Waals surface area contributed by atoms with Crippen molar-refractivity contribution in [2.75, 3.05) is 31.6 Å². The lowest BCUT2D eigenvalue weighted by Crippen LogP contribution is -2.43. The molecule has 0 radical (unpaired) electrons. The number of piperidine rings is 1. The maximum Gasteiger partial charge on any atom is 0.410 e. The van der Waals surface area contributed by atoms with E-state index in [2.05, 4.69) is 15.0 Å². The molecule has 138 valence electrons. The van der Waals surface area contributed by atoms with E-state index in [0.29, 0.717) is 12.5 Å². The molecule has 1 saturated heterocycles. The number of amides is 1. The van der Waals surface area contributed by atoms with Gasteiger partial charge >= 0.3 is 6.09 Å². The van der Waals surface area contributed by atoms with Crippen LogP contribution in [0.1, 0.15) is 39.3 Å². The summed E-state index contributed by atoms with van der Waals surface area (Å²) in [7, 11) is 1.81. The number of aromatic nitrogens is 3. The molecule has 8 heteroatoms. The fourth-order valence-electron chi connectivity index (χ4n) is 3.12. The van der Waals surface area contributed by atoms with Gasteiger partial charge in [0.15, 0.2) is 0 Å². The smallest absolute Gasteiger partial charge is 0.410 e. The third-order valence-corrected chi connectivity index (χ3v) is 5.16. The Bertz CT molecular complexity index is 716. The second-order valence-corrected chi connectivity index (χ2v) is 8.74. The van der Waals surface area contributed by atoms with Crippen LogP contribution in [-0.2, 0) is 4.74 Å². The van der Waals surface area contributed by atoms with E-state index in [0.717, 1.165) is 41.7 Å². The van der Waals surface area contributed by atoms with Gasteiger partial charge in [0.1, 0.15) is 5.60 Å². The highest BCUT2D eigenvalue weighted by Gasteiger charge is 2.27. The van der Waals surface area contributed by atoms with E-state index in [-0.39, 0.29) is 6.09 Å². The second kappa shape index (κ2) is 6.82. The Labute approximate surface area is 152 Å². The van der Waals surface area contributed by atoms with E-state index in [9.17, 15) is 4.79 Å². The first-order valence-corrected chi connectivity index (χ1v) is 9.55. The maximum atomic E-state index is 12.2. The summed E-state index contributed by atoms with van der Waals surface area (Å²) in [5, 5.41) is 5.65. The normalized spacial score (nSPS) is 18.6. The highest BCUT2D eigenvalue weighted by Crippen LogP contribution is 2.28. The summed E-state index contributed by atoms with van der Waals surface area (Å²) in [6.07, 6.45) is 3.92. The van der Waals surface area contributed by atoms with Crippen LogP contribution >= 0.6 is 11.3 Å². The zero-order valence-electron chi connectivity index (χ0n) is 15.7. The number of fused-ring (bicyclic) bond motifs is 1. The standard InChI is InChI=1S/C17H27N5O2S/c1-12-9-22-14(18-12)25-15(19-22)21-8-6-7-13(11-21)10-20(5)16(23)24-17(2,3)4/h9,13H,6-8,10-11H2,1-5H3/t13-/m1/s1. The minimum atomic E-state index is -0.461. The predicted octanol–water partition coefficient (Wildman–Crippen LogP) is 3.18. The minimum Gasteiger partial charge on any atom is -0.444 e. The molecule has 1 aliphatic heterocycles. The van der Waals surface area contributed by atoms with Crippen molar-refractivity contribution in [3.63, 3.8) is 0 Å². The van der Waals surface area contributed by atoms with Crippen LogP contribution in [0.2, 0.25) is 0 Å². The molecule has 2 aromatic heterocycles. The molecule has 7 nitrogen and oxygen atoms in total. The van der Waals surface area contributed by atoms with E-state index in [1.165, 1.54) is 0 Å². The van der Waals surface area contributed by atoms with E-state index in [1.807, 2.05) is 45.5 Å². The SMILES string of the molecule is Cc1cn2nc(N3CCC[C@H](CN(C)C(=O)OC(C)(C)C)C3)sc2n1. The summed E-state index contributed by atoms with van der Waals surface area (Å²) in [6, 6.07) is 0. The number of nitrogens with zero attached hydrogens (tertiary/aromatic N) is 5. The Morgan fingerprint density at radius 1 is 1.48 bits per heavy atom. The molecule has 1 atom stereocenters. The molecule has 0 unspecified atom stereocenters. The van der Waals surface area contributed by atoms with Crippen LogP contribution in [-0.4, -0.2) is 57.9 Å². The Morgan fingerprint density at radius 2 is 2.24 bits per heavy atom. The number of hydrogen-bond donors (Lipinski definition) is 0. The van der Waals surface area contributed by atoms with Gasteiger partial charge in [0.05, 0.1) is 11.9 Å². The molecule has 3 heterocycles. The molecule has 25 heavy (non-hydrogen) atoms. The molecule has 1 fully saturated rings. The summed E-state index contributed by atoms with van der Waals surface area (Å²) in [5.41, 5.74) is 0.526. The molecule has 0 spiro atoms. The number of ether oxygens (including phenoxy) is 1. The Morgan fingerprint density at radius 3 is 2.92 bits per heavy atom. The van der Waals surface area contributed by atoms with Crippen molar-refractivity contribution >= 4 is 27.5 Å². The summed E-state index contributed by atoms with van der Waals surface area (Å²) in [4.78, 5) is 21.6. The van der Waals surface area contributed by atoms with Crippen molar-refractivity contribution < 1.29 is 9.53 Å². The first-order chi connectivity index (χ1) is 11.7. The van der Waals surface area contributed by atoms with Gasteiger partial charge in [-0.15, -0.1) is 5.10 Å². The van der Waals surface area contributed by atoms with Crippen molar-refractivity contribution in [3.8, 4) is 0 Å². The number of carbonyl (C=O) groups excluding carboxylic acids is 1. The van der Waals surface area contributed by atoms with Gasteiger partial charge in [-0.3, -0.25) is 0 Å². The van der Waals surface area contributed by atoms with Gasteiger partial charge in [0, 0.05) is 26.7 Å². The molecule has 0 aliphatic carbocycles. The fourth-order valence-corrected chi connectivity index (χ4v) is 4.08. The van der Waals surface area contributed by atoms with Gasteiger partial charge in [-0.1, -0.05) is 11.3 Å². The Balaban J connectivity index is 1.60. The van der Waals surface area contributed by atoms with Crippen LogP contribution < -0.4 is 4.90 Å². The molecule has 0 saturated carbocycles. The third kappa shape index (κ3) is 4.42. The molecule has 1 amide bonds. The Kier molecular flexibility index (Phi) is 4.90. The van der Waals surface area contributed by atoms with Crippen molar-refractivity contribution in [2.45, 2.75) is 46.1 Å². The molecule has 3 rings (SSSR count). The van der Waals surface area contributed by atoms with Gasteiger partial charge in [-0.2, -0.15) is 0 Å². The second-order valence-electron chi connectivity index (χ2n) is 7.81. The van der Waals surface area contributed by atoms with Crippen LogP contribution in [0.3, 0.4) is 0 Å². The highest BCUT2D eigenvalue weighted by atomic mass is 32.1. The average molecular weight is 366 g/mol. The first-order valence-electron chi connectivity index (χ1n) is 8.73. The topological polar surface area (TPSA) is 63.0 Å². The van der Waals surface area contributed by atoms with Crippen molar-refractivity contribution in [1.82, 2.24) is 19.5 Å². The number of hydrogen-bond acceptors (Lipinski definition) is 6. The molecular weight excluding hydrogens is 338 g/mol. The number of rotatable bonds is 3. The quantitative estimate of drug-likeness (QED) is 0.836. The Hall–Kier alpha value is -1.83. The van der Waals surface area contributed by atoms with Crippen molar-refractivity contribution in [1.29, 1.82) is 0 Å². The van der Waals surface area contributed by atoms with Gasteiger partial charge < -0.3 is 14.5 Å². The van der Waals surface area contributed by atoms with Crippen LogP contribution in [0.25, 0.3) is 4.96 Å². The number of anilines is 1. The largest absolute Gasteiger partial charge is 0.444 e. The lowest BCUT2D eigenvalue weighted by molar-refractivity contribution is 0.0269. The van der Waals surface area contributed by atoms with Gasteiger partial charge in [0.2, 0.25) is 10.1 Å². The summed E-state index contributed by atoms with van der Waals surface area (Å²) < 4.78 is 7.30. The highest BCUT2D eigenvalue weighted by molar-refractivity contribution is 7.20. The third-order valence-electron chi connectivity index (χ3n) is 4.18.